The van der Waals surface area contributed by atoms with Crippen LogP contribution in [0.5, 0.6) is 11.5 Å². The number of fused-ring (bicyclic) bond motifs is 1. The molecule has 0 saturated carbocycles. The number of esters is 1. The van der Waals surface area contributed by atoms with Gasteiger partial charge in [-0.1, -0.05) is 26.0 Å². The number of halogens is 3. The van der Waals surface area contributed by atoms with Crippen molar-refractivity contribution in [3.05, 3.63) is 47.0 Å². The van der Waals surface area contributed by atoms with E-state index in [0.717, 1.165) is 12.0 Å². The van der Waals surface area contributed by atoms with Crippen molar-refractivity contribution >= 4 is 16.1 Å². The minimum absolute atomic E-state index is 0.0387. The van der Waals surface area contributed by atoms with Gasteiger partial charge in [0.25, 0.3) is 0 Å². The molecule has 6 nitrogen and oxygen atoms in total. The van der Waals surface area contributed by atoms with Crippen LogP contribution < -0.4 is 8.92 Å². The maximum absolute atomic E-state index is 13.2. The quantitative estimate of drug-likeness (QED) is 0.283. The standard InChI is InChI=1S/C24H27F3O6S/c1-14(2)12-18(23(28)31-4)21-15(3)7-9-20(33-34(29,30)24(25,26)27)22(21)17-8-10-19-16(13-17)6-5-11-32-19/h7-10,13-14,18H,5-6,11-12H2,1-4H3. The summed E-state index contributed by atoms with van der Waals surface area (Å²) < 4.78 is 78.6. The second-order valence-electron chi connectivity index (χ2n) is 8.63. The van der Waals surface area contributed by atoms with E-state index < -0.39 is 33.3 Å². The fourth-order valence-electron chi connectivity index (χ4n) is 4.15. The van der Waals surface area contributed by atoms with E-state index in [9.17, 15) is 26.4 Å². The largest absolute Gasteiger partial charge is 0.534 e. The molecule has 0 saturated heterocycles. The van der Waals surface area contributed by atoms with Gasteiger partial charge in [0, 0.05) is 5.56 Å². The van der Waals surface area contributed by atoms with Gasteiger partial charge in [-0.3, -0.25) is 4.79 Å². The van der Waals surface area contributed by atoms with Gasteiger partial charge in [0.05, 0.1) is 19.6 Å². The van der Waals surface area contributed by atoms with Crippen LogP contribution in [0.2, 0.25) is 0 Å². The van der Waals surface area contributed by atoms with Crippen LogP contribution in [-0.4, -0.2) is 33.6 Å². The van der Waals surface area contributed by atoms with Crippen LogP contribution in [0.4, 0.5) is 13.2 Å². The van der Waals surface area contributed by atoms with Crippen LogP contribution in [0.1, 0.15) is 49.3 Å². The van der Waals surface area contributed by atoms with E-state index in [0.29, 0.717) is 41.9 Å². The highest BCUT2D eigenvalue weighted by molar-refractivity contribution is 7.88. The van der Waals surface area contributed by atoms with Gasteiger partial charge >= 0.3 is 21.6 Å². The van der Waals surface area contributed by atoms with Crippen molar-refractivity contribution < 1.29 is 40.0 Å². The van der Waals surface area contributed by atoms with Crippen molar-refractivity contribution in [2.75, 3.05) is 13.7 Å². The van der Waals surface area contributed by atoms with E-state index in [1.54, 1.807) is 25.1 Å². The van der Waals surface area contributed by atoms with Crippen molar-refractivity contribution in [1.29, 1.82) is 0 Å². The van der Waals surface area contributed by atoms with Gasteiger partial charge in [-0.05, 0) is 72.6 Å². The SMILES string of the molecule is COC(=O)C(CC(C)C)c1c(C)ccc(OS(=O)(=O)C(F)(F)F)c1-c1ccc2c(c1)CCCO2. The van der Waals surface area contributed by atoms with Crippen LogP contribution in [0, 0.1) is 12.8 Å². The minimum atomic E-state index is -5.94. The summed E-state index contributed by atoms with van der Waals surface area (Å²) in [5.41, 5.74) is -3.29. The van der Waals surface area contributed by atoms with E-state index in [1.807, 2.05) is 13.8 Å². The predicted octanol–water partition coefficient (Wildman–Crippen LogP) is 5.52. The molecule has 1 heterocycles. The van der Waals surface area contributed by atoms with E-state index in [-0.39, 0.29) is 11.5 Å². The van der Waals surface area contributed by atoms with Gasteiger partial charge in [0.2, 0.25) is 0 Å². The highest BCUT2D eigenvalue weighted by Crippen LogP contribution is 2.44. The third kappa shape index (κ3) is 5.32. The van der Waals surface area contributed by atoms with Crippen molar-refractivity contribution in [3.63, 3.8) is 0 Å². The zero-order valence-electron chi connectivity index (χ0n) is 19.4. The molecule has 0 aromatic heterocycles. The van der Waals surface area contributed by atoms with Crippen LogP contribution in [0.25, 0.3) is 11.1 Å². The number of ether oxygens (including phenoxy) is 2. The number of rotatable bonds is 7. The minimum Gasteiger partial charge on any atom is -0.493 e. The average molecular weight is 501 g/mol. The molecule has 0 radical (unpaired) electrons. The molecule has 186 valence electrons. The first-order valence-electron chi connectivity index (χ1n) is 10.8. The molecule has 1 unspecified atom stereocenters. The average Bonchev–Trinajstić information content (AvgIpc) is 2.76. The van der Waals surface area contributed by atoms with Crippen LogP contribution >= 0.6 is 0 Å². The lowest BCUT2D eigenvalue weighted by Crippen LogP contribution is -2.28. The number of hydrogen-bond donors (Lipinski definition) is 0. The van der Waals surface area contributed by atoms with Gasteiger partial charge in [0.1, 0.15) is 5.75 Å². The van der Waals surface area contributed by atoms with E-state index in [4.69, 9.17) is 9.47 Å². The summed E-state index contributed by atoms with van der Waals surface area (Å²) in [6, 6.07) is 7.67. The summed E-state index contributed by atoms with van der Waals surface area (Å²) in [6.45, 7) is 6.06. The lowest BCUT2D eigenvalue weighted by molar-refractivity contribution is -0.142. The summed E-state index contributed by atoms with van der Waals surface area (Å²) in [7, 11) is -4.71. The summed E-state index contributed by atoms with van der Waals surface area (Å²) >= 11 is 0. The van der Waals surface area contributed by atoms with Crippen LogP contribution in [0.3, 0.4) is 0 Å². The molecule has 0 bridgehead atoms. The van der Waals surface area contributed by atoms with E-state index >= 15 is 0 Å². The smallest absolute Gasteiger partial charge is 0.493 e. The molecule has 34 heavy (non-hydrogen) atoms. The number of carbonyl (C=O) groups excluding carboxylic acids is 1. The molecule has 2 aromatic rings. The first-order chi connectivity index (χ1) is 15.9. The Morgan fingerprint density at radius 2 is 1.88 bits per heavy atom. The van der Waals surface area contributed by atoms with Crippen LogP contribution in [-0.2, 0) is 26.1 Å². The Bertz CT molecular complexity index is 1170. The van der Waals surface area contributed by atoms with E-state index in [1.165, 1.54) is 19.2 Å². The van der Waals surface area contributed by atoms with Crippen molar-refractivity contribution in [2.45, 2.75) is 51.5 Å². The Morgan fingerprint density at radius 1 is 1.18 bits per heavy atom. The second-order valence-corrected chi connectivity index (χ2v) is 10.2. The Kier molecular flexibility index (Phi) is 7.50. The van der Waals surface area contributed by atoms with Gasteiger partial charge in [-0.25, -0.2) is 0 Å². The fourth-order valence-corrected chi connectivity index (χ4v) is 4.62. The first-order valence-corrected chi connectivity index (χ1v) is 12.2. The molecule has 1 atom stereocenters. The summed E-state index contributed by atoms with van der Waals surface area (Å²) in [5.74, 6) is -1.23. The molecule has 0 aliphatic carbocycles. The predicted molar refractivity (Wildman–Crippen MR) is 120 cm³/mol. The summed E-state index contributed by atoms with van der Waals surface area (Å²) in [5, 5.41) is 0. The third-order valence-electron chi connectivity index (χ3n) is 5.65. The lowest BCUT2D eigenvalue weighted by Gasteiger charge is -2.25. The number of alkyl halides is 3. The highest BCUT2D eigenvalue weighted by atomic mass is 32.2. The maximum atomic E-state index is 13.2. The molecule has 1 aliphatic heterocycles. The Balaban J connectivity index is 2.31. The molecule has 1 aliphatic rings. The number of methoxy groups -OCH3 is 1. The lowest BCUT2D eigenvalue weighted by atomic mass is 9.82. The number of aryl methyl sites for hydroxylation is 2. The molecular formula is C24H27F3O6S. The van der Waals surface area contributed by atoms with E-state index in [2.05, 4.69) is 4.18 Å². The third-order valence-corrected chi connectivity index (χ3v) is 6.61. The fraction of sp³-hybridized carbons (Fsp3) is 0.458. The first kappa shape index (κ1) is 25.9. The molecule has 10 heteroatoms. The Labute approximate surface area is 197 Å². The van der Waals surface area contributed by atoms with Gasteiger partial charge in [-0.15, -0.1) is 0 Å². The van der Waals surface area contributed by atoms with Gasteiger partial charge < -0.3 is 13.7 Å². The molecular weight excluding hydrogens is 473 g/mol. The molecule has 3 rings (SSSR count). The summed E-state index contributed by atoms with van der Waals surface area (Å²) in [4.78, 5) is 12.8. The number of hydrogen-bond acceptors (Lipinski definition) is 6. The monoisotopic (exact) mass is 500 g/mol. The van der Waals surface area contributed by atoms with Gasteiger partial charge in [-0.2, -0.15) is 21.6 Å². The van der Waals surface area contributed by atoms with Crippen molar-refractivity contribution in [3.8, 4) is 22.6 Å². The van der Waals surface area contributed by atoms with Gasteiger partial charge in [0.15, 0.2) is 5.75 Å². The summed E-state index contributed by atoms with van der Waals surface area (Å²) in [6.07, 6.45) is 1.79. The number of carbonyl (C=O) groups is 1. The normalized spacial score (nSPS) is 14.8. The molecule has 0 fully saturated rings. The maximum Gasteiger partial charge on any atom is 0.534 e. The molecule has 0 N–H and O–H groups in total. The topological polar surface area (TPSA) is 78.9 Å². The molecule has 0 amide bonds. The van der Waals surface area contributed by atoms with Crippen molar-refractivity contribution in [2.24, 2.45) is 5.92 Å². The zero-order chi connectivity index (χ0) is 25.3. The van der Waals surface area contributed by atoms with Crippen molar-refractivity contribution in [1.82, 2.24) is 0 Å². The Morgan fingerprint density at radius 3 is 2.50 bits per heavy atom. The second kappa shape index (κ2) is 9.85. The number of benzene rings is 2. The molecule has 0 spiro atoms. The zero-order valence-corrected chi connectivity index (χ0v) is 20.2. The molecule has 2 aromatic carbocycles. The highest BCUT2D eigenvalue weighted by Gasteiger charge is 2.49. The Hall–Kier alpha value is -2.75. The van der Waals surface area contributed by atoms with Crippen LogP contribution in [0.15, 0.2) is 30.3 Å².